The van der Waals surface area contributed by atoms with Crippen molar-refractivity contribution in [3.63, 3.8) is 0 Å². The highest BCUT2D eigenvalue weighted by atomic mass is 35.5. The number of hydrogen-bond donors (Lipinski definition) is 1. The second-order valence-electron chi connectivity index (χ2n) is 4.09. The molecule has 3 rings (SSSR count). The van der Waals surface area contributed by atoms with Crippen LogP contribution in [0.25, 0.3) is 10.2 Å². The van der Waals surface area contributed by atoms with Gasteiger partial charge in [0.2, 0.25) is 5.88 Å². The normalized spacial score (nSPS) is 16.0. The Morgan fingerprint density at radius 1 is 1.37 bits per heavy atom. The molecule has 2 N–H and O–H groups in total. The largest absolute Gasteiger partial charge is 0.479 e. The first-order valence-electron chi connectivity index (χ1n) is 5.83. The molecule has 8 heteroatoms. The summed E-state index contributed by atoms with van der Waals surface area (Å²) in [5, 5.41) is 0.891. The molecule has 1 aliphatic rings. The minimum absolute atomic E-state index is 0.407. The van der Waals surface area contributed by atoms with Gasteiger partial charge in [0, 0.05) is 13.1 Å². The van der Waals surface area contributed by atoms with E-state index in [-0.39, 0.29) is 0 Å². The molecule has 102 valence electrons. The van der Waals surface area contributed by atoms with E-state index < -0.39 is 0 Å². The first kappa shape index (κ1) is 12.7. The third kappa shape index (κ3) is 2.18. The molecule has 0 aliphatic carbocycles. The van der Waals surface area contributed by atoms with Crippen molar-refractivity contribution in [2.75, 3.05) is 44.0 Å². The Hall–Kier alpha value is -1.31. The number of ether oxygens (including phenoxy) is 2. The molecule has 1 aliphatic heterocycles. The molecule has 1 fully saturated rings. The number of nitrogens with two attached hydrogens (primary N) is 1. The maximum absolute atomic E-state index is 6.29. The Morgan fingerprint density at radius 3 is 2.79 bits per heavy atom. The summed E-state index contributed by atoms with van der Waals surface area (Å²) in [4.78, 5) is 10.7. The number of aromatic nitrogens is 2. The molecule has 1 saturated heterocycles. The molecule has 2 aromatic rings. The Balaban J connectivity index is 2.19. The van der Waals surface area contributed by atoms with Gasteiger partial charge in [0.25, 0.3) is 0 Å². The quantitative estimate of drug-likeness (QED) is 0.852. The van der Waals surface area contributed by atoms with Crippen LogP contribution >= 0.6 is 22.9 Å². The van der Waals surface area contributed by atoms with E-state index in [4.69, 9.17) is 26.8 Å². The third-order valence-electron chi connectivity index (χ3n) is 2.98. The van der Waals surface area contributed by atoms with Crippen LogP contribution in [-0.4, -0.2) is 43.4 Å². The van der Waals surface area contributed by atoms with E-state index in [9.17, 15) is 0 Å². The molecule has 0 bridgehead atoms. The van der Waals surface area contributed by atoms with Gasteiger partial charge < -0.3 is 20.1 Å². The Bertz CT molecular complexity index is 612. The molecule has 0 aromatic carbocycles. The van der Waals surface area contributed by atoms with Crippen LogP contribution < -0.4 is 15.4 Å². The molecular formula is C11H13ClN4O2S. The zero-order chi connectivity index (χ0) is 13.4. The van der Waals surface area contributed by atoms with Crippen molar-refractivity contribution >= 4 is 44.0 Å². The van der Waals surface area contributed by atoms with Gasteiger partial charge in [-0.05, 0) is 0 Å². The lowest BCUT2D eigenvalue weighted by Crippen LogP contribution is -2.36. The third-order valence-corrected chi connectivity index (χ3v) is 4.13. The summed E-state index contributed by atoms with van der Waals surface area (Å²) in [6.45, 7) is 2.91. The van der Waals surface area contributed by atoms with Crippen molar-refractivity contribution in [2.24, 2.45) is 0 Å². The first-order chi connectivity index (χ1) is 9.20. The first-order valence-corrected chi connectivity index (χ1v) is 7.02. The number of thiazole rings is 1. The Morgan fingerprint density at radius 2 is 2.11 bits per heavy atom. The zero-order valence-electron chi connectivity index (χ0n) is 10.4. The second-order valence-corrected chi connectivity index (χ2v) is 5.48. The smallest absolute Gasteiger partial charge is 0.242 e. The van der Waals surface area contributed by atoms with E-state index in [1.807, 2.05) is 0 Å². The number of nitrogen functional groups attached to an aromatic ring is 1. The van der Waals surface area contributed by atoms with E-state index in [0.717, 1.165) is 23.5 Å². The molecule has 0 amide bonds. The monoisotopic (exact) mass is 300 g/mol. The molecule has 0 radical (unpaired) electrons. The average Bonchev–Trinajstić information content (AvgIpc) is 2.80. The number of pyridine rings is 1. The van der Waals surface area contributed by atoms with Crippen molar-refractivity contribution in [1.29, 1.82) is 0 Å². The van der Waals surface area contributed by atoms with Gasteiger partial charge >= 0.3 is 0 Å². The standard InChI is InChI=1S/C11H13ClN4O2S/c1-17-10-6-8(19-11(13)14-6)7(9(12)15-10)16-2-4-18-5-3-16/h2-5H2,1H3,(H2,13,14). The van der Waals surface area contributed by atoms with Crippen LogP contribution in [0.4, 0.5) is 10.8 Å². The number of rotatable bonds is 2. The number of halogens is 1. The summed E-state index contributed by atoms with van der Waals surface area (Å²) < 4.78 is 11.5. The number of methoxy groups -OCH3 is 1. The summed E-state index contributed by atoms with van der Waals surface area (Å²) in [5.41, 5.74) is 7.33. The second kappa shape index (κ2) is 4.99. The minimum atomic E-state index is 0.407. The highest BCUT2D eigenvalue weighted by Crippen LogP contribution is 2.41. The van der Waals surface area contributed by atoms with E-state index in [1.54, 1.807) is 7.11 Å². The summed E-state index contributed by atoms with van der Waals surface area (Å²) in [6.07, 6.45) is 0. The molecule has 3 heterocycles. The van der Waals surface area contributed by atoms with Gasteiger partial charge in [0.05, 0.1) is 30.7 Å². The molecule has 0 atom stereocenters. The molecule has 0 unspecified atom stereocenters. The van der Waals surface area contributed by atoms with Crippen molar-refractivity contribution in [3.8, 4) is 5.88 Å². The number of nitrogens with zero attached hydrogens (tertiary/aromatic N) is 3. The number of fused-ring (bicyclic) bond motifs is 1. The minimum Gasteiger partial charge on any atom is -0.479 e. The van der Waals surface area contributed by atoms with Gasteiger partial charge in [-0.15, -0.1) is 0 Å². The molecule has 2 aromatic heterocycles. The zero-order valence-corrected chi connectivity index (χ0v) is 11.9. The van der Waals surface area contributed by atoms with Crippen LogP contribution in [0.5, 0.6) is 5.88 Å². The highest BCUT2D eigenvalue weighted by Gasteiger charge is 2.23. The van der Waals surface area contributed by atoms with Gasteiger partial charge in [-0.3, -0.25) is 0 Å². The predicted molar refractivity (Wildman–Crippen MR) is 76.4 cm³/mol. The fourth-order valence-corrected chi connectivity index (χ4v) is 3.38. The fourth-order valence-electron chi connectivity index (χ4n) is 2.13. The Kier molecular flexibility index (Phi) is 3.34. The molecule has 0 spiro atoms. The van der Waals surface area contributed by atoms with Gasteiger partial charge in [0.15, 0.2) is 10.3 Å². The molecule has 0 saturated carbocycles. The number of morpholine rings is 1. The SMILES string of the molecule is COc1nc(Cl)c(N2CCOCC2)c2sc(N)nc12. The lowest BCUT2D eigenvalue weighted by molar-refractivity contribution is 0.123. The van der Waals surface area contributed by atoms with Crippen molar-refractivity contribution < 1.29 is 9.47 Å². The van der Waals surface area contributed by atoms with Crippen LogP contribution in [0.1, 0.15) is 0 Å². The average molecular weight is 301 g/mol. The van der Waals surface area contributed by atoms with Gasteiger partial charge in [-0.25, -0.2) is 4.98 Å². The fraction of sp³-hybridized carbons (Fsp3) is 0.455. The summed E-state index contributed by atoms with van der Waals surface area (Å²) in [7, 11) is 1.54. The van der Waals surface area contributed by atoms with E-state index >= 15 is 0 Å². The Labute approximate surface area is 119 Å². The topological polar surface area (TPSA) is 73.5 Å². The molecular weight excluding hydrogens is 288 g/mol. The van der Waals surface area contributed by atoms with Gasteiger partial charge in [-0.1, -0.05) is 22.9 Å². The van der Waals surface area contributed by atoms with Crippen molar-refractivity contribution in [3.05, 3.63) is 5.15 Å². The van der Waals surface area contributed by atoms with Crippen LogP contribution in [-0.2, 0) is 4.74 Å². The van der Waals surface area contributed by atoms with Crippen LogP contribution in [0.3, 0.4) is 0 Å². The van der Waals surface area contributed by atoms with Crippen LogP contribution in [0.15, 0.2) is 0 Å². The maximum Gasteiger partial charge on any atom is 0.242 e. The van der Waals surface area contributed by atoms with E-state index in [2.05, 4.69) is 14.9 Å². The summed E-state index contributed by atoms with van der Waals surface area (Å²) in [5.74, 6) is 0.407. The van der Waals surface area contributed by atoms with Crippen LogP contribution in [0, 0.1) is 0 Å². The molecule has 6 nitrogen and oxygen atoms in total. The lowest BCUT2D eigenvalue weighted by Gasteiger charge is -2.29. The number of hydrogen-bond acceptors (Lipinski definition) is 7. The van der Waals surface area contributed by atoms with Gasteiger partial charge in [-0.2, -0.15) is 4.98 Å². The van der Waals surface area contributed by atoms with Crippen molar-refractivity contribution in [1.82, 2.24) is 9.97 Å². The van der Waals surface area contributed by atoms with Crippen molar-refractivity contribution in [2.45, 2.75) is 0 Å². The maximum atomic E-state index is 6.29. The predicted octanol–water partition coefficient (Wildman–Crippen LogP) is 1.77. The number of anilines is 2. The highest BCUT2D eigenvalue weighted by molar-refractivity contribution is 7.22. The summed E-state index contributed by atoms with van der Waals surface area (Å²) >= 11 is 7.69. The lowest BCUT2D eigenvalue weighted by atomic mass is 10.3. The van der Waals surface area contributed by atoms with E-state index in [1.165, 1.54) is 11.3 Å². The summed E-state index contributed by atoms with van der Waals surface area (Å²) in [6, 6.07) is 0. The van der Waals surface area contributed by atoms with Gasteiger partial charge in [0.1, 0.15) is 5.52 Å². The molecule has 19 heavy (non-hydrogen) atoms. The van der Waals surface area contributed by atoms with E-state index in [0.29, 0.717) is 34.9 Å². The van der Waals surface area contributed by atoms with Crippen LogP contribution in [0.2, 0.25) is 5.15 Å².